The van der Waals surface area contributed by atoms with Crippen molar-refractivity contribution in [2.75, 3.05) is 13.6 Å². The average molecular weight is 283 g/mol. The number of aromatic nitrogens is 2. The van der Waals surface area contributed by atoms with Crippen LogP contribution in [0.5, 0.6) is 0 Å². The van der Waals surface area contributed by atoms with E-state index in [-0.39, 0.29) is 0 Å². The number of hydroxylamine groups is 2. The summed E-state index contributed by atoms with van der Waals surface area (Å²) in [6, 6.07) is 1.24. The molecule has 3 heterocycles. The Balaban J connectivity index is 2.04. The molecule has 0 unspecified atom stereocenters. The highest BCUT2D eigenvalue weighted by Crippen LogP contribution is 2.44. The smallest absolute Gasteiger partial charge is 0.330 e. The lowest BCUT2D eigenvalue weighted by Gasteiger charge is -2.39. The fourth-order valence-electron chi connectivity index (χ4n) is 2.94. The predicted octanol–water partition coefficient (Wildman–Crippen LogP) is -1.18. The van der Waals surface area contributed by atoms with Gasteiger partial charge in [0.1, 0.15) is 11.7 Å². The molecule has 1 aromatic heterocycles. The summed E-state index contributed by atoms with van der Waals surface area (Å²) in [4.78, 5) is 30.7. The standard InChI is InChI=1S/C12H17N3O5/c1-3-12-6-14(2)20-8(9(12)17)10(19-12)15-5-4-7(16)13-11(15)18/h4-5,8-10,17H,3,6H2,1-2H3,(H,13,16,18)/t8-,9+,10-,12+/m1/s1. The molecule has 110 valence electrons. The van der Waals surface area contributed by atoms with E-state index >= 15 is 0 Å². The van der Waals surface area contributed by atoms with E-state index in [1.807, 2.05) is 6.92 Å². The molecule has 0 radical (unpaired) electrons. The Labute approximate surface area is 114 Å². The van der Waals surface area contributed by atoms with Crippen LogP contribution >= 0.6 is 0 Å². The van der Waals surface area contributed by atoms with Crippen LogP contribution in [0.1, 0.15) is 19.6 Å². The zero-order chi connectivity index (χ0) is 14.5. The monoisotopic (exact) mass is 283 g/mol. The van der Waals surface area contributed by atoms with Gasteiger partial charge in [0.25, 0.3) is 5.56 Å². The van der Waals surface area contributed by atoms with Crippen molar-refractivity contribution in [3.8, 4) is 0 Å². The number of likely N-dealkylation sites (N-methyl/N-ethyl adjacent to an activating group) is 1. The van der Waals surface area contributed by atoms with E-state index < -0.39 is 35.3 Å². The van der Waals surface area contributed by atoms with Crippen LogP contribution < -0.4 is 11.2 Å². The van der Waals surface area contributed by atoms with E-state index in [0.29, 0.717) is 13.0 Å². The molecule has 3 rings (SSSR count). The zero-order valence-electron chi connectivity index (χ0n) is 11.3. The summed E-state index contributed by atoms with van der Waals surface area (Å²) in [5.41, 5.74) is -1.83. The summed E-state index contributed by atoms with van der Waals surface area (Å²) in [7, 11) is 1.75. The molecule has 0 amide bonds. The number of aliphatic hydroxyl groups excluding tert-OH is 1. The molecule has 2 aliphatic rings. The quantitative estimate of drug-likeness (QED) is 0.709. The molecular formula is C12H17N3O5. The molecule has 2 fully saturated rings. The van der Waals surface area contributed by atoms with E-state index in [4.69, 9.17) is 9.57 Å². The van der Waals surface area contributed by atoms with Crippen LogP contribution in [-0.2, 0) is 9.57 Å². The van der Waals surface area contributed by atoms with E-state index in [2.05, 4.69) is 4.98 Å². The van der Waals surface area contributed by atoms with Gasteiger partial charge in [-0.15, -0.1) is 0 Å². The molecule has 8 nitrogen and oxygen atoms in total. The van der Waals surface area contributed by atoms with Crippen LogP contribution in [0.15, 0.2) is 21.9 Å². The topological polar surface area (TPSA) is 96.8 Å². The summed E-state index contributed by atoms with van der Waals surface area (Å²) < 4.78 is 7.18. The highest BCUT2D eigenvalue weighted by molar-refractivity contribution is 5.05. The Morgan fingerprint density at radius 2 is 2.30 bits per heavy atom. The van der Waals surface area contributed by atoms with Crippen molar-refractivity contribution in [1.29, 1.82) is 0 Å². The highest BCUT2D eigenvalue weighted by Gasteiger charge is 2.59. The summed E-state index contributed by atoms with van der Waals surface area (Å²) in [5.74, 6) is 0. The molecule has 2 bridgehead atoms. The van der Waals surface area contributed by atoms with Gasteiger partial charge in [0.2, 0.25) is 0 Å². The number of rotatable bonds is 2. The number of hydrogen-bond acceptors (Lipinski definition) is 6. The Hall–Kier alpha value is -1.48. The summed E-state index contributed by atoms with van der Waals surface area (Å²) in [5, 5.41) is 12.0. The summed E-state index contributed by atoms with van der Waals surface area (Å²) >= 11 is 0. The maximum atomic E-state index is 11.9. The first-order chi connectivity index (χ1) is 9.47. The van der Waals surface area contributed by atoms with Gasteiger partial charge in [0.05, 0.1) is 6.54 Å². The molecule has 0 aromatic carbocycles. The van der Waals surface area contributed by atoms with E-state index in [9.17, 15) is 14.7 Å². The Morgan fingerprint density at radius 1 is 1.55 bits per heavy atom. The first kappa shape index (κ1) is 13.5. The molecule has 1 aromatic rings. The molecule has 0 spiro atoms. The fraction of sp³-hybridized carbons (Fsp3) is 0.667. The van der Waals surface area contributed by atoms with Gasteiger partial charge in [-0.25, -0.2) is 4.79 Å². The highest BCUT2D eigenvalue weighted by atomic mass is 16.7. The van der Waals surface area contributed by atoms with Gasteiger partial charge in [-0.2, -0.15) is 5.06 Å². The minimum atomic E-state index is -0.826. The number of nitrogens with one attached hydrogen (secondary N) is 1. The maximum absolute atomic E-state index is 11.9. The van der Waals surface area contributed by atoms with E-state index in [1.165, 1.54) is 16.8 Å². The maximum Gasteiger partial charge on any atom is 0.330 e. The van der Waals surface area contributed by atoms with E-state index in [0.717, 1.165) is 0 Å². The van der Waals surface area contributed by atoms with Crippen LogP contribution in [0.3, 0.4) is 0 Å². The second-order valence-corrected chi connectivity index (χ2v) is 5.25. The number of H-pyrrole nitrogens is 1. The second kappa shape index (κ2) is 4.52. The molecule has 2 saturated heterocycles. The SMILES string of the molecule is CC[C@@]12CN(C)O[C@@H]([C@H](n3ccc(=O)[nH]c3=O)O1)[C@@H]2O. The van der Waals surface area contributed by atoms with Crippen molar-refractivity contribution in [1.82, 2.24) is 14.6 Å². The number of aromatic amines is 1. The Morgan fingerprint density at radius 3 is 2.95 bits per heavy atom. The largest absolute Gasteiger partial charge is 0.387 e. The van der Waals surface area contributed by atoms with Crippen molar-refractivity contribution >= 4 is 0 Å². The third-order valence-corrected chi connectivity index (χ3v) is 4.00. The third kappa shape index (κ3) is 1.84. The average Bonchev–Trinajstić information content (AvgIpc) is 2.57. The summed E-state index contributed by atoms with van der Waals surface area (Å²) in [6.45, 7) is 2.33. The lowest BCUT2D eigenvalue weighted by Crippen LogP contribution is -2.56. The van der Waals surface area contributed by atoms with Crippen LogP contribution in [0.2, 0.25) is 0 Å². The third-order valence-electron chi connectivity index (χ3n) is 4.00. The lowest BCUT2D eigenvalue weighted by atomic mass is 9.91. The van der Waals surface area contributed by atoms with Crippen LogP contribution in [0.4, 0.5) is 0 Å². The van der Waals surface area contributed by atoms with Crippen LogP contribution in [-0.4, -0.2) is 51.1 Å². The van der Waals surface area contributed by atoms with Crippen molar-refractivity contribution in [3.63, 3.8) is 0 Å². The van der Waals surface area contributed by atoms with Crippen LogP contribution in [0, 0.1) is 0 Å². The van der Waals surface area contributed by atoms with Gasteiger partial charge < -0.3 is 9.84 Å². The first-order valence-electron chi connectivity index (χ1n) is 6.52. The Kier molecular flexibility index (Phi) is 3.05. The second-order valence-electron chi connectivity index (χ2n) is 5.25. The molecule has 0 saturated carbocycles. The van der Waals surface area contributed by atoms with Gasteiger partial charge in [-0.05, 0) is 6.42 Å². The Bertz CT molecular complexity index is 626. The molecule has 8 heteroatoms. The predicted molar refractivity (Wildman–Crippen MR) is 68.0 cm³/mol. The van der Waals surface area contributed by atoms with Crippen molar-refractivity contribution < 1.29 is 14.7 Å². The number of hydrogen-bond donors (Lipinski definition) is 2. The van der Waals surface area contributed by atoms with Crippen molar-refractivity contribution in [3.05, 3.63) is 33.1 Å². The van der Waals surface area contributed by atoms with Crippen molar-refractivity contribution in [2.45, 2.75) is 37.4 Å². The molecule has 2 aliphatic heterocycles. The molecule has 20 heavy (non-hydrogen) atoms. The molecular weight excluding hydrogens is 266 g/mol. The summed E-state index contributed by atoms with van der Waals surface area (Å²) in [6.07, 6.45) is -0.331. The number of nitrogens with zero attached hydrogens (tertiary/aromatic N) is 2. The first-order valence-corrected chi connectivity index (χ1v) is 6.52. The molecule has 0 aliphatic carbocycles. The minimum absolute atomic E-state index is 0.412. The lowest BCUT2D eigenvalue weighted by molar-refractivity contribution is -0.252. The molecule has 2 N–H and O–H groups in total. The van der Waals surface area contributed by atoms with Crippen LogP contribution in [0.25, 0.3) is 0 Å². The number of ether oxygens (including phenoxy) is 1. The zero-order valence-corrected chi connectivity index (χ0v) is 11.3. The van der Waals surface area contributed by atoms with Gasteiger partial charge >= 0.3 is 5.69 Å². The van der Waals surface area contributed by atoms with Gasteiger partial charge in [-0.1, -0.05) is 6.92 Å². The minimum Gasteiger partial charge on any atom is -0.387 e. The van der Waals surface area contributed by atoms with Gasteiger partial charge in [-0.3, -0.25) is 19.2 Å². The number of aliphatic hydroxyl groups is 1. The number of fused-ring (bicyclic) bond motifs is 2. The molecule has 4 atom stereocenters. The van der Waals surface area contributed by atoms with Crippen molar-refractivity contribution in [2.24, 2.45) is 0 Å². The van der Waals surface area contributed by atoms with Gasteiger partial charge in [0, 0.05) is 19.3 Å². The van der Waals surface area contributed by atoms with Gasteiger partial charge in [0.15, 0.2) is 12.3 Å². The van der Waals surface area contributed by atoms with E-state index in [1.54, 1.807) is 12.1 Å². The normalized spacial score (nSPS) is 37.2. The fourth-order valence-corrected chi connectivity index (χ4v) is 2.94.